The Hall–Kier alpha value is -1.09. The standard InChI is InChI=1S/C14H22N2O/c1-10-13(11(2)16(3)15-10)9-14(17)12-7-5-4-6-8-12/h7,14,17H,4-6,8-9H2,1-3H3. The predicted octanol–water partition coefficient (Wildman–Crippen LogP) is 2.44. The van der Waals surface area contributed by atoms with E-state index in [4.69, 9.17) is 0 Å². The van der Waals surface area contributed by atoms with Crippen LogP contribution in [0.3, 0.4) is 0 Å². The first kappa shape index (κ1) is 12.4. The lowest BCUT2D eigenvalue weighted by Gasteiger charge is -2.18. The minimum Gasteiger partial charge on any atom is -0.388 e. The Morgan fingerprint density at radius 3 is 2.71 bits per heavy atom. The first-order chi connectivity index (χ1) is 8.09. The zero-order valence-corrected chi connectivity index (χ0v) is 11.0. The Kier molecular flexibility index (Phi) is 3.67. The number of allylic oxidation sites excluding steroid dienone is 1. The summed E-state index contributed by atoms with van der Waals surface area (Å²) in [5.74, 6) is 0. The lowest BCUT2D eigenvalue weighted by Crippen LogP contribution is -2.16. The molecule has 1 aliphatic rings. The van der Waals surface area contributed by atoms with Crippen molar-refractivity contribution >= 4 is 0 Å². The van der Waals surface area contributed by atoms with Gasteiger partial charge in [-0.1, -0.05) is 6.08 Å². The van der Waals surface area contributed by atoms with Crippen molar-refractivity contribution in [2.45, 2.75) is 52.1 Å². The molecule has 0 aliphatic heterocycles. The molecule has 0 fully saturated rings. The van der Waals surface area contributed by atoms with E-state index in [0.717, 1.165) is 24.2 Å². The second kappa shape index (κ2) is 5.05. The van der Waals surface area contributed by atoms with Crippen molar-refractivity contribution < 1.29 is 5.11 Å². The summed E-state index contributed by atoms with van der Waals surface area (Å²) in [7, 11) is 1.96. The molecule has 1 aromatic heterocycles. The van der Waals surface area contributed by atoms with Crippen molar-refractivity contribution in [2.75, 3.05) is 0 Å². The maximum Gasteiger partial charge on any atom is 0.0791 e. The highest BCUT2D eigenvalue weighted by Crippen LogP contribution is 2.24. The summed E-state index contributed by atoms with van der Waals surface area (Å²) in [4.78, 5) is 0. The number of nitrogens with zero attached hydrogens (tertiary/aromatic N) is 2. The molecule has 1 atom stereocenters. The summed E-state index contributed by atoms with van der Waals surface area (Å²) < 4.78 is 1.90. The number of aliphatic hydroxyl groups is 1. The first-order valence-corrected chi connectivity index (χ1v) is 6.45. The molecule has 0 aromatic carbocycles. The molecule has 0 radical (unpaired) electrons. The van der Waals surface area contributed by atoms with Gasteiger partial charge in [-0.15, -0.1) is 0 Å². The molecular weight excluding hydrogens is 212 g/mol. The van der Waals surface area contributed by atoms with E-state index in [0.29, 0.717) is 6.42 Å². The average Bonchev–Trinajstić information content (AvgIpc) is 2.57. The first-order valence-electron chi connectivity index (χ1n) is 6.45. The molecule has 1 aromatic rings. The summed E-state index contributed by atoms with van der Waals surface area (Å²) in [5.41, 5.74) is 4.63. The molecule has 1 heterocycles. The zero-order valence-electron chi connectivity index (χ0n) is 11.0. The van der Waals surface area contributed by atoms with Crippen LogP contribution in [0.5, 0.6) is 0 Å². The molecule has 0 saturated heterocycles. The van der Waals surface area contributed by atoms with E-state index < -0.39 is 0 Å². The number of aliphatic hydroxyl groups excluding tert-OH is 1. The number of rotatable bonds is 3. The highest BCUT2D eigenvalue weighted by Gasteiger charge is 2.18. The second-order valence-corrected chi connectivity index (χ2v) is 5.02. The third kappa shape index (κ3) is 2.60. The SMILES string of the molecule is Cc1nn(C)c(C)c1CC(O)C1=CCCCC1. The fraction of sp³-hybridized carbons (Fsp3) is 0.643. The zero-order chi connectivity index (χ0) is 12.4. The van der Waals surface area contributed by atoms with Gasteiger partial charge in [-0.2, -0.15) is 5.10 Å². The molecule has 1 N–H and O–H groups in total. The molecule has 3 nitrogen and oxygen atoms in total. The van der Waals surface area contributed by atoms with Crippen molar-refractivity contribution in [3.63, 3.8) is 0 Å². The summed E-state index contributed by atoms with van der Waals surface area (Å²) in [5, 5.41) is 14.7. The molecule has 17 heavy (non-hydrogen) atoms. The molecule has 2 rings (SSSR count). The highest BCUT2D eigenvalue weighted by atomic mass is 16.3. The second-order valence-electron chi connectivity index (χ2n) is 5.02. The third-order valence-electron chi connectivity index (χ3n) is 3.81. The van der Waals surface area contributed by atoms with Crippen LogP contribution in [0.1, 0.15) is 42.6 Å². The Morgan fingerprint density at radius 2 is 2.18 bits per heavy atom. The fourth-order valence-electron chi connectivity index (χ4n) is 2.60. The van der Waals surface area contributed by atoms with Gasteiger partial charge in [0.1, 0.15) is 0 Å². The molecule has 1 aliphatic carbocycles. The van der Waals surface area contributed by atoms with Gasteiger partial charge < -0.3 is 5.11 Å². The molecule has 1 unspecified atom stereocenters. The number of aromatic nitrogens is 2. The van der Waals surface area contributed by atoms with Crippen LogP contribution >= 0.6 is 0 Å². The minimum absolute atomic E-state index is 0.322. The van der Waals surface area contributed by atoms with Gasteiger partial charge in [-0.3, -0.25) is 4.68 Å². The number of aryl methyl sites for hydroxylation is 2. The summed E-state index contributed by atoms with van der Waals surface area (Å²) in [6.07, 6.45) is 7.26. The van der Waals surface area contributed by atoms with E-state index >= 15 is 0 Å². The van der Waals surface area contributed by atoms with Gasteiger partial charge >= 0.3 is 0 Å². The van der Waals surface area contributed by atoms with E-state index in [9.17, 15) is 5.11 Å². The quantitative estimate of drug-likeness (QED) is 0.816. The van der Waals surface area contributed by atoms with Crippen molar-refractivity contribution in [3.8, 4) is 0 Å². The topological polar surface area (TPSA) is 38.0 Å². The Morgan fingerprint density at radius 1 is 1.41 bits per heavy atom. The van der Waals surface area contributed by atoms with Crippen LogP contribution in [0.15, 0.2) is 11.6 Å². The van der Waals surface area contributed by atoms with E-state index in [-0.39, 0.29) is 6.10 Å². The molecule has 94 valence electrons. The Labute approximate surface area is 103 Å². The van der Waals surface area contributed by atoms with Crippen LogP contribution in [0, 0.1) is 13.8 Å². The summed E-state index contributed by atoms with van der Waals surface area (Å²) >= 11 is 0. The highest BCUT2D eigenvalue weighted by molar-refractivity contribution is 5.27. The van der Waals surface area contributed by atoms with Crippen LogP contribution in [0.2, 0.25) is 0 Å². The normalized spacial score (nSPS) is 18.0. The maximum absolute atomic E-state index is 10.3. The molecule has 0 bridgehead atoms. The van der Waals surface area contributed by atoms with Gasteiger partial charge in [0.15, 0.2) is 0 Å². The van der Waals surface area contributed by atoms with Crippen LogP contribution in [0.25, 0.3) is 0 Å². The van der Waals surface area contributed by atoms with Crippen LogP contribution in [-0.2, 0) is 13.5 Å². The summed E-state index contributed by atoms with van der Waals surface area (Å²) in [6, 6.07) is 0. The van der Waals surface area contributed by atoms with Gasteiger partial charge in [-0.05, 0) is 50.7 Å². The van der Waals surface area contributed by atoms with Crippen LogP contribution in [0.4, 0.5) is 0 Å². The van der Waals surface area contributed by atoms with E-state index in [2.05, 4.69) is 18.1 Å². The van der Waals surface area contributed by atoms with Crippen LogP contribution in [-0.4, -0.2) is 21.0 Å². The largest absolute Gasteiger partial charge is 0.388 e. The van der Waals surface area contributed by atoms with E-state index in [1.807, 2.05) is 18.7 Å². The number of hydrogen-bond donors (Lipinski definition) is 1. The molecular formula is C14H22N2O. The van der Waals surface area contributed by atoms with Crippen molar-refractivity contribution in [1.82, 2.24) is 9.78 Å². The Balaban J connectivity index is 2.12. The van der Waals surface area contributed by atoms with Crippen molar-refractivity contribution in [1.29, 1.82) is 0 Å². The van der Waals surface area contributed by atoms with Gasteiger partial charge in [0.25, 0.3) is 0 Å². The smallest absolute Gasteiger partial charge is 0.0791 e. The number of hydrogen-bond acceptors (Lipinski definition) is 2. The van der Waals surface area contributed by atoms with Crippen molar-refractivity contribution in [2.24, 2.45) is 7.05 Å². The molecule has 0 spiro atoms. The van der Waals surface area contributed by atoms with Gasteiger partial charge in [0.05, 0.1) is 11.8 Å². The predicted molar refractivity (Wildman–Crippen MR) is 68.9 cm³/mol. The Bertz CT molecular complexity index is 432. The van der Waals surface area contributed by atoms with E-state index in [1.165, 1.54) is 24.0 Å². The lowest BCUT2D eigenvalue weighted by molar-refractivity contribution is 0.204. The monoisotopic (exact) mass is 234 g/mol. The van der Waals surface area contributed by atoms with Gasteiger partial charge in [0.2, 0.25) is 0 Å². The maximum atomic E-state index is 10.3. The van der Waals surface area contributed by atoms with Gasteiger partial charge in [-0.25, -0.2) is 0 Å². The van der Waals surface area contributed by atoms with Crippen molar-refractivity contribution in [3.05, 3.63) is 28.6 Å². The van der Waals surface area contributed by atoms with E-state index in [1.54, 1.807) is 0 Å². The third-order valence-corrected chi connectivity index (χ3v) is 3.81. The minimum atomic E-state index is -0.322. The molecule has 0 saturated carbocycles. The van der Waals surface area contributed by atoms with Crippen LogP contribution < -0.4 is 0 Å². The van der Waals surface area contributed by atoms with Gasteiger partial charge in [0, 0.05) is 19.2 Å². The molecule has 3 heteroatoms. The average molecular weight is 234 g/mol. The molecule has 0 amide bonds. The lowest BCUT2D eigenvalue weighted by atomic mass is 9.92. The summed E-state index contributed by atoms with van der Waals surface area (Å²) in [6.45, 7) is 4.08. The fourth-order valence-corrected chi connectivity index (χ4v) is 2.60.